The van der Waals surface area contributed by atoms with Crippen LogP contribution < -0.4 is 10.6 Å². The van der Waals surface area contributed by atoms with Gasteiger partial charge in [0, 0.05) is 11.4 Å². The standard InChI is InChI=1S/C13H14N4O/c18-12(17-9-5-6-9)7-14-13-10-3-1-2-4-11(10)15-8-16-13/h1-4,8-9H,5-7H2,(H,17,18)(H,14,15,16). The lowest BCUT2D eigenvalue weighted by molar-refractivity contribution is -0.119. The van der Waals surface area contributed by atoms with Crippen molar-refractivity contribution in [3.8, 4) is 0 Å². The highest BCUT2D eigenvalue weighted by Gasteiger charge is 2.22. The van der Waals surface area contributed by atoms with Crippen LogP contribution in [-0.4, -0.2) is 28.5 Å². The van der Waals surface area contributed by atoms with Gasteiger partial charge in [0.05, 0.1) is 12.1 Å². The van der Waals surface area contributed by atoms with E-state index in [1.54, 1.807) is 0 Å². The van der Waals surface area contributed by atoms with Crippen molar-refractivity contribution >= 4 is 22.6 Å². The maximum atomic E-state index is 11.6. The molecule has 1 aliphatic rings. The van der Waals surface area contributed by atoms with E-state index < -0.39 is 0 Å². The van der Waals surface area contributed by atoms with Crippen LogP contribution >= 0.6 is 0 Å². The second kappa shape index (κ2) is 4.60. The average molecular weight is 242 g/mol. The van der Waals surface area contributed by atoms with Gasteiger partial charge in [-0.3, -0.25) is 4.79 Å². The van der Waals surface area contributed by atoms with E-state index >= 15 is 0 Å². The molecule has 0 atom stereocenters. The molecule has 0 aliphatic heterocycles. The predicted molar refractivity (Wildman–Crippen MR) is 69.2 cm³/mol. The Bertz CT molecular complexity index is 575. The molecule has 3 rings (SSSR count). The summed E-state index contributed by atoms with van der Waals surface area (Å²) in [7, 11) is 0. The summed E-state index contributed by atoms with van der Waals surface area (Å²) in [5.74, 6) is 0.715. The van der Waals surface area contributed by atoms with Crippen LogP contribution in [0, 0.1) is 0 Å². The Kier molecular flexibility index (Phi) is 2.80. The predicted octanol–water partition coefficient (Wildman–Crippen LogP) is 1.32. The van der Waals surface area contributed by atoms with E-state index in [4.69, 9.17) is 0 Å². The minimum atomic E-state index is 0.0141. The first kappa shape index (κ1) is 11.0. The van der Waals surface area contributed by atoms with Gasteiger partial charge in [-0.1, -0.05) is 12.1 Å². The fourth-order valence-corrected chi connectivity index (χ4v) is 1.82. The number of fused-ring (bicyclic) bond motifs is 1. The third kappa shape index (κ3) is 2.40. The molecule has 18 heavy (non-hydrogen) atoms. The van der Waals surface area contributed by atoms with Gasteiger partial charge in [0.25, 0.3) is 0 Å². The topological polar surface area (TPSA) is 66.9 Å². The Labute approximate surface area is 105 Å². The molecule has 1 aromatic carbocycles. The minimum absolute atomic E-state index is 0.0141. The van der Waals surface area contributed by atoms with Crippen molar-refractivity contribution in [3.05, 3.63) is 30.6 Å². The highest BCUT2D eigenvalue weighted by molar-refractivity contribution is 5.90. The number of para-hydroxylation sites is 1. The SMILES string of the molecule is O=C(CNc1ncnc2ccccc12)NC1CC1. The summed E-state index contributed by atoms with van der Waals surface area (Å²) in [6, 6.07) is 8.12. The number of carbonyl (C=O) groups is 1. The van der Waals surface area contributed by atoms with Gasteiger partial charge in [-0.05, 0) is 25.0 Å². The van der Waals surface area contributed by atoms with Gasteiger partial charge in [-0.15, -0.1) is 0 Å². The molecule has 2 N–H and O–H groups in total. The molecule has 1 heterocycles. The Morgan fingerprint density at radius 3 is 2.94 bits per heavy atom. The lowest BCUT2D eigenvalue weighted by atomic mass is 10.2. The molecule has 0 unspecified atom stereocenters. The summed E-state index contributed by atoms with van der Waals surface area (Å²) in [5, 5.41) is 6.91. The van der Waals surface area contributed by atoms with Crippen LogP contribution in [0.25, 0.3) is 10.9 Å². The first-order valence-corrected chi connectivity index (χ1v) is 6.06. The average Bonchev–Trinajstić information content (AvgIpc) is 3.20. The number of carbonyl (C=O) groups excluding carboxylic acids is 1. The summed E-state index contributed by atoms with van der Waals surface area (Å²) in [6.45, 7) is 0.248. The second-order valence-electron chi connectivity index (χ2n) is 4.43. The largest absolute Gasteiger partial charge is 0.360 e. The molecule has 0 spiro atoms. The van der Waals surface area contributed by atoms with Crippen molar-refractivity contribution in [2.75, 3.05) is 11.9 Å². The van der Waals surface area contributed by atoms with Crippen molar-refractivity contribution in [1.29, 1.82) is 0 Å². The van der Waals surface area contributed by atoms with E-state index in [1.165, 1.54) is 6.33 Å². The van der Waals surface area contributed by atoms with E-state index in [-0.39, 0.29) is 12.5 Å². The third-order valence-corrected chi connectivity index (χ3v) is 2.90. The summed E-state index contributed by atoms with van der Waals surface area (Å²) in [4.78, 5) is 19.9. The van der Waals surface area contributed by atoms with Crippen molar-refractivity contribution < 1.29 is 4.79 Å². The number of benzene rings is 1. The number of anilines is 1. The molecular formula is C13H14N4O. The van der Waals surface area contributed by atoms with Crippen LogP contribution in [-0.2, 0) is 4.79 Å². The zero-order valence-electron chi connectivity index (χ0n) is 9.89. The van der Waals surface area contributed by atoms with Crippen LogP contribution in [0.3, 0.4) is 0 Å². The number of nitrogens with one attached hydrogen (secondary N) is 2. The smallest absolute Gasteiger partial charge is 0.239 e. The fourth-order valence-electron chi connectivity index (χ4n) is 1.82. The highest BCUT2D eigenvalue weighted by atomic mass is 16.2. The quantitative estimate of drug-likeness (QED) is 0.848. The van der Waals surface area contributed by atoms with Crippen molar-refractivity contribution in [2.45, 2.75) is 18.9 Å². The van der Waals surface area contributed by atoms with Gasteiger partial charge in [-0.25, -0.2) is 9.97 Å². The van der Waals surface area contributed by atoms with Gasteiger partial charge in [0.1, 0.15) is 12.1 Å². The number of hydrogen-bond acceptors (Lipinski definition) is 4. The lowest BCUT2D eigenvalue weighted by Crippen LogP contribution is -2.31. The van der Waals surface area contributed by atoms with Crippen LogP contribution in [0.2, 0.25) is 0 Å². The van der Waals surface area contributed by atoms with Crippen LogP contribution in [0.1, 0.15) is 12.8 Å². The van der Waals surface area contributed by atoms with E-state index in [1.807, 2.05) is 24.3 Å². The monoisotopic (exact) mass is 242 g/mol. The first-order chi connectivity index (χ1) is 8.83. The molecule has 92 valence electrons. The second-order valence-corrected chi connectivity index (χ2v) is 4.43. The zero-order valence-corrected chi connectivity index (χ0v) is 9.89. The number of rotatable bonds is 4. The fraction of sp³-hybridized carbons (Fsp3) is 0.308. The molecule has 1 aromatic heterocycles. The Morgan fingerprint density at radius 1 is 1.28 bits per heavy atom. The van der Waals surface area contributed by atoms with E-state index in [0.29, 0.717) is 11.9 Å². The lowest BCUT2D eigenvalue weighted by Gasteiger charge is -2.08. The maximum Gasteiger partial charge on any atom is 0.239 e. The molecule has 0 radical (unpaired) electrons. The molecule has 5 heteroatoms. The van der Waals surface area contributed by atoms with E-state index in [9.17, 15) is 4.79 Å². The molecule has 0 saturated heterocycles. The molecule has 1 amide bonds. The number of amides is 1. The van der Waals surface area contributed by atoms with Crippen molar-refractivity contribution in [1.82, 2.24) is 15.3 Å². The molecule has 1 saturated carbocycles. The summed E-state index contributed by atoms with van der Waals surface area (Å²) in [6.07, 6.45) is 3.70. The normalized spacial score (nSPS) is 14.4. The zero-order chi connectivity index (χ0) is 12.4. The molecular weight excluding hydrogens is 228 g/mol. The molecule has 1 fully saturated rings. The molecule has 1 aliphatic carbocycles. The summed E-state index contributed by atoms with van der Waals surface area (Å²) < 4.78 is 0. The molecule has 5 nitrogen and oxygen atoms in total. The Balaban J connectivity index is 1.71. The van der Waals surface area contributed by atoms with Gasteiger partial charge in [0.2, 0.25) is 5.91 Å². The van der Waals surface area contributed by atoms with Crippen LogP contribution in [0.4, 0.5) is 5.82 Å². The Morgan fingerprint density at radius 2 is 2.11 bits per heavy atom. The molecule has 0 bridgehead atoms. The van der Waals surface area contributed by atoms with Gasteiger partial charge in [0.15, 0.2) is 0 Å². The summed E-state index contributed by atoms with van der Waals surface area (Å²) in [5.41, 5.74) is 0.873. The Hall–Kier alpha value is -2.17. The number of hydrogen-bond donors (Lipinski definition) is 2. The number of nitrogens with zero attached hydrogens (tertiary/aromatic N) is 2. The molecule has 2 aromatic rings. The van der Waals surface area contributed by atoms with E-state index in [0.717, 1.165) is 23.7 Å². The van der Waals surface area contributed by atoms with E-state index in [2.05, 4.69) is 20.6 Å². The number of aromatic nitrogens is 2. The van der Waals surface area contributed by atoms with Crippen molar-refractivity contribution in [2.24, 2.45) is 0 Å². The maximum absolute atomic E-state index is 11.6. The van der Waals surface area contributed by atoms with Crippen LogP contribution in [0.15, 0.2) is 30.6 Å². The highest BCUT2D eigenvalue weighted by Crippen LogP contribution is 2.19. The van der Waals surface area contributed by atoms with Gasteiger partial charge in [-0.2, -0.15) is 0 Å². The van der Waals surface area contributed by atoms with Gasteiger partial charge < -0.3 is 10.6 Å². The van der Waals surface area contributed by atoms with Crippen molar-refractivity contribution in [3.63, 3.8) is 0 Å². The third-order valence-electron chi connectivity index (χ3n) is 2.90. The minimum Gasteiger partial charge on any atom is -0.360 e. The van der Waals surface area contributed by atoms with Crippen LogP contribution in [0.5, 0.6) is 0 Å². The summed E-state index contributed by atoms with van der Waals surface area (Å²) >= 11 is 0. The first-order valence-electron chi connectivity index (χ1n) is 6.06. The van der Waals surface area contributed by atoms with Gasteiger partial charge >= 0.3 is 0 Å².